The van der Waals surface area contributed by atoms with Crippen molar-refractivity contribution in [2.45, 2.75) is 20.3 Å². The zero-order valence-electron chi connectivity index (χ0n) is 11.0. The molecule has 1 atom stereocenters. The predicted octanol–water partition coefficient (Wildman–Crippen LogP) is 2.98. The van der Waals surface area contributed by atoms with Crippen LogP contribution in [0.2, 0.25) is 0 Å². The van der Waals surface area contributed by atoms with Crippen molar-refractivity contribution in [1.29, 1.82) is 0 Å². The van der Waals surface area contributed by atoms with E-state index >= 15 is 0 Å². The van der Waals surface area contributed by atoms with Crippen molar-refractivity contribution in [3.8, 4) is 0 Å². The monoisotopic (exact) mass is 256 g/mol. The Morgan fingerprint density at radius 2 is 2.00 bits per heavy atom. The number of allylic oxidation sites excluding steroid dienone is 9. The highest BCUT2D eigenvalue weighted by atomic mass is 16.3. The average molecular weight is 256 g/mol. The molecule has 0 aliphatic heterocycles. The molecule has 0 saturated heterocycles. The van der Waals surface area contributed by atoms with Crippen LogP contribution in [-0.2, 0) is 9.59 Å². The summed E-state index contributed by atoms with van der Waals surface area (Å²) in [5.74, 6) is -1.62. The van der Waals surface area contributed by atoms with Gasteiger partial charge in [0.05, 0.1) is 5.92 Å². The Balaban J connectivity index is 2.46. The van der Waals surface area contributed by atoms with Crippen molar-refractivity contribution >= 4 is 11.6 Å². The van der Waals surface area contributed by atoms with Gasteiger partial charge in [0.25, 0.3) is 0 Å². The molecule has 2 aliphatic carbocycles. The topological polar surface area (TPSA) is 54.4 Å². The van der Waals surface area contributed by atoms with E-state index in [1.165, 1.54) is 0 Å². The van der Waals surface area contributed by atoms with Gasteiger partial charge in [-0.3, -0.25) is 9.59 Å². The number of carbonyl (C=O) groups is 2. The van der Waals surface area contributed by atoms with Crippen molar-refractivity contribution in [2.24, 2.45) is 5.92 Å². The quantitative estimate of drug-likeness (QED) is 0.773. The van der Waals surface area contributed by atoms with E-state index in [4.69, 9.17) is 0 Å². The second-order valence-electron chi connectivity index (χ2n) is 4.88. The van der Waals surface area contributed by atoms with Crippen molar-refractivity contribution in [3.63, 3.8) is 0 Å². The van der Waals surface area contributed by atoms with Crippen LogP contribution in [0.15, 0.2) is 58.9 Å². The van der Waals surface area contributed by atoms with Crippen LogP contribution in [0.1, 0.15) is 20.3 Å². The van der Waals surface area contributed by atoms with E-state index in [0.717, 1.165) is 5.57 Å². The SMILES string of the molecule is CC(C)=CCC1=C(O)C(=O)C2=CC=CC=CC2C1=O. The molecule has 3 heteroatoms. The molecule has 0 saturated carbocycles. The van der Waals surface area contributed by atoms with Gasteiger partial charge in [0.15, 0.2) is 11.5 Å². The fourth-order valence-electron chi connectivity index (χ4n) is 2.13. The van der Waals surface area contributed by atoms with Crippen molar-refractivity contribution < 1.29 is 14.7 Å². The summed E-state index contributed by atoms with van der Waals surface area (Å²) in [5, 5.41) is 9.94. The highest BCUT2D eigenvalue weighted by molar-refractivity contribution is 6.21. The van der Waals surface area contributed by atoms with Crippen LogP contribution in [0, 0.1) is 5.92 Å². The van der Waals surface area contributed by atoms with Crippen molar-refractivity contribution in [3.05, 3.63) is 58.9 Å². The molecule has 0 aromatic carbocycles. The maximum atomic E-state index is 12.4. The van der Waals surface area contributed by atoms with E-state index in [1.807, 2.05) is 19.9 Å². The van der Waals surface area contributed by atoms with Crippen LogP contribution in [0.5, 0.6) is 0 Å². The van der Waals surface area contributed by atoms with E-state index in [9.17, 15) is 14.7 Å². The molecule has 2 aliphatic rings. The first-order valence-electron chi connectivity index (χ1n) is 6.22. The molecular formula is C16H16O3. The molecule has 98 valence electrons. The predicted molar refractivity (Wildman–Crippen MR) is 73.6 cm³/mol. The smallest absolute Gasteiger partial charge is 0.224 e. The summed E-state index contributed by atoms with van der Waals surface area (Å²) in [6.07, 6.45) is 10.6. The lowest BCUT2D eigenvalue weighted by Gasteiger charge is -2.22. The molecule has 2 rings (SSSR count). The Hall–Kier alpha value is -2.16. The van der Waals surface area contributed by atoms with Gasteiger partial charge in [0.2, 0.25) is 5.78 Å². The first-order chi connectivity index (χ1) is 9.02. The Bertz CT molecular complexity index is 579. The molecular weight excluding hydrogens is 240 g/mol. The molecule has 1 N–H and O–H groups in total. The molecule has 1 unspecified atom stereocenters. The van der Waals surface area contributed by atoms with Gasteiger partial charge in [0.1, 0.15) is 0 Å². The largest absolute Gasteiger partial charge is 0.504 e. The van der Waals surface area contributed by atoms with Crippen LogP contribution in [0.4, 0.5) is 0 Å². The van der Waals surface area contributed by atoms with E-state index < -0.39 is 17.5 Å². The highest BCUT2D eigenvalue weighted by Crippen LogP contribution is 2.31. The van der Waals surface area contributed by atoms with Gasteiger partial charge in [-0.2, -0.15) is 0 Å². The lowest BCUT2D eigenvalue weighted by atomic mass is 9.80. The normalized spacial score (nSPS) is 22.0. The Morgan fingerprint density at radius 1 is 1.26 bits per heavy atom. The second-order valence-corrected chi connectivity index (χ2v) is 4.88. The summed E-state index contributed by atoms with van der Waals surface area (Å²) < 4.78 is 0. The Morgan fingerprint density at radius 3 is 2.68 bits per heavy atom. The average Bonchev–Trinajstić information content (AvgIpc) is 2.61. The van der Waals surface area contributed by atoms with Gasteiger partial charge < -0.3 is 5.11 Å². The number of ketones is 2. The number of aliphatic hydroxyl groups excluding tert-OH is 1. The molecule has 19 heavy (non-hydrogen) atoms. The molecule has 0 aromatic rings. The maximum absolute atomic E-state index is 12.4. The van der Waals surface area contributed by atoms with Crippen molar-refractivity contribution in [1.82, 2.24) is 0 Å². The van der Waals surface area contributed by atoms with Gasteiger partial charge in [-0.05, 0) is 20.3 Å². The molecule has 0 amide bonds. The third-order valence-corrected chi connectivity index (χ3v) is 3.19. The molecule has 0 radical (unpaired) electrons. The summed E-state index contributed by atoms with van der Waals surface area (Å²) >= 11 is 0. The molecule has 3 nitrogen and oxygen atoms in total. The third-order valence-electron chi connectivity index (χ3n) is 3.19. The number of hydrogen-bond donors (Lipinski definition) is 1. The molecule has 0 heterocycles. The number of rotatable bonds is 2. The third kappa shape index (κ3) is 2.50. The van der Waals surface area contributed by atoms with Crippen LogP contribution in [0.3, 0.4) is 0 Å². The maximum Gasteiger partial charge on any atom is 0.224 e. The zero-order chi connectivity index (χ0) is 14.0. The first-order valence-corrected chi connectivity index (χ1v) is 6.22. The van der Waals surface area contributed by atoms with Gasteiger partial charge in [-0.25, -0.2) is 0 Å². The lowest BCUT2D eigenvalue weighted by Crippen LogP contribution is -2.30. The Labute approximate surface area is 112 Å². The van der Waals surface area contributed by atoms with E-state index in [-0.39, 0.29) is 11.4 Å². The molecule has 0 bridgehead atoms. The minimum atomic E-state index is -0.570. The van der Waals surface area contributed by atoms with Gasteiger partial charge in [0, 0.05) is 11.1 Å². The Kier molecular flexibility index (Phi) is 3.65. The van der Waals surface area contributed by atoms with E-state index in [1.54, 1.807) is 30.4 Å². The molecule has 0 aromatic heterocycles. The lowest BCUT2D eigenvalue weighted by molar-refractivity contribution is -0.123. The van der Waals surface area contributed by atoms with E-state index in [0.29, 0.717) is 12.0 Å². The van der Waals surface area contributed by atoms with Gasteiger partial charge >= 0.3 is 0 Å². The second kappa shape index (κ2) is 5.22. The number of Topliss-reactive ketones (excluding diaryl/α,β-unsaturated/α-hetero) is 2. The summed E-state index contributed by atoms with van der Waals surface area (Å²) in [7, 11) is 0. The van der Waals surface area contributed by atoms with Crippen LogP contribution in [0.25, 0.3) is 0 Å². The van der Waals surface area contributed by atoms with Crippen LogP contribution in [-0.4, -0.2) is 16.7 Å². The summed E-state index contributed by atoms with van der Waals surface area (Å²) in [5.41, 5.74) is 1.59. The summed E-state index contributed by atoms with van der Waals surface area (Å²) in [6, 6.07) is 0. The highest BCUT2D eigenvalue weighted by Gasteiger charge is 2.37. The standard InChI is InChI=1S/C16H16O3/c1-10(2)8-9-13-14(17)11-6-4-3-5-7-12(11)15(18)16(13)19/h3-8,11,19H,9H2,1-2H3. The minimum absolute atomic E-state index is 0.194. The number of carbonyl (C=O) groups excluding carboxylic acids is 2. The molecule has 0 spiro atoms. The fourth-order valence-corrected chi connectivity index (χ4v) is 2.13. The number of hydrogen-bond acceptors (Lipinski definition) is 3. The summed E-state index contributed by atoms with van der Waals surface area (Å²) in [6.45, 7) is 3.82. The van der Waals surface area contributed by atoms with Gasteiger partial charge in [-0.15, -0.1) is 0 Å². The fraction of sp³-hybridized carbons (Fsp3) is 0.250. The first kappa shape index (κ1) is 13.3. The number of aliphatic hydroxyl groups is 1. The molecule has 0 fully saturated rings. The van der Waals surface area contributed by atoms with Crippen LogP contribution >= 0.6 is 0 Å². The van der Waals surface area contributed by atoms with Crippen molar-refractivity contribution in [2.75, 3.05) is 0 Å². The zero-order valence-corrected chi connectivity index (χ0v) is 11.0. The minimum Gasteiger partial charge on any atom is -0.504 e. The number of fused-ring (bicyclic) bond motifs is 1. The van der Waals surface area contributed by atoms with E-state index in [2.05, 4.69) is 0 Å². The summed E-state index contributed by atoms with van der Waals surface area (Å²) in [4.78, 5) is 24.5. The van der Waals surface area contributed by atoms with Gasteiger partial charge in [-0.1, -0.05) is 42.0 Å². The van der Waals surface area contributed by atoms with Crippen LogP contribution < -0.4 is 0 Å².